The van der Waals surface area contributed by atoms with Crippen LogP contribution in [0.4, 0.5) is 0 Å². The van der Waals surface area contributed by atoms with Crippen molar-refractivity contribution in [2.45, 2.75) is 13.8 Å². The van der Waals surface area contributed by atoms with Gasteiger partial charge in [0.15, 0.2) is 0 Å². The van der Waals surface area contributed by atoms with Gasteiger partial charge in [0.2, 0.25) is 0 Å². The van der Waals surface area contributed by atoms with E-state index in [2.05, 4.69) is 0 Å². The van der Waals surface area contributed by atoms with Crippen LogP contribution < -0.4 is 0 Å². The third kappa shape index (κ3) is 2.94. The van der Waals surface area contributed by atoms with E-state index >= 15 is 0 Å². The second kappa shape index (κ2) is 5.29. The average molecular weight is 202 g/mol. The van der Waals surface area contributed by atoms with Gasteiger partial charge in [-0.1, -0.05) is 12.1 Å². The summed E-state index contributed by atoms with van der Waals surface area (Å²) in [6.07, 6.45) is 0. The standard InChI is InChI=1S/C10H10O3.Na.H/c1-6-3-4-8(5-7(6)2)9(11)10(12)13;;/h3-5H,1-2H3,(H,12,13);;. The normalized spacial score (nSPS) is 9.00. The van der Waals surface area contributed by atoms with E-state index in [-0.39, 0.29) is 35.1 Å². The van der Waals surface area contributed by atoms with Crippen molar-refractivity contribution in [1.29, 1.82) is 0 Å². The van der Waals surface area contributed by atoms with Crippen LogP contribution in [0.25, 0.3) is 0 Å². The van der Waals surface area contributed by atoms with Crippen LogP contribution in [0, 0.1) is 13.8 Å². The molecule has 0 atom stereocenters. The number of hydrogen-bond donors (Lipinski definition) is 1. The molecule has 0 saturated carbocycles. The first kappa shape index (κ1) is 13.4. The van der Waals surface area contributed by atoms with E-state index in [1.807, 2.05) is 13.8 Å². The summed E-state index contributed by atoms with van der Waals surface area (Å²) in [5.41, 5.74) is 2.20. The van der Waals surface area contributed by atoms with E-state index in [0.717, 1.165) is 11.1 Å². The molecule has 0 bridgehead atoms. The molecule has 4 heteroatoms. The number of carboxylic acids is 1. The Morgan fingerprint density at radius 3 is 2.14 bits per heavy atom. The summed E-state index contributed by atoms with van der Waals surface area (Å²) in [4.78, 5) is 21.4. The molecule has 0 unspecified atom stereocenters. The number of hydrogen-bond acceptors (Lipinski definition) is 2. The molecule has 0 aliphatic heterocycles. The SMILES string of the molecule is Cc1ccc(C(=O)C(=O)O)cc1C.[NaH]. The van der Waals surface area contributed by atoms with Crippen molar-refractivity contribution in [2.75, 3.05) is 0 Å². The van der Waals surface area contributed by atoms with Gasteiger partial charge in [-0.2, -0.15) is 0 Å². The summed E-state index contributed by atoms with van der Waals surface area (Å²) >= 11 is 0. The predicted molar refractivity (Wildman–Crippen MR) is 55.0 cm³/mol. The molecular formula is C10H11NaO3. The molecule has 0 saturated heterocycles. The third-order valence-corrected chi connectivity index (χ3v) is 1.96. The topological polar surface area (TPSA) is 54.4 Å². The maximum absolute atomic E-state index is 11.0. The van der Waals surface area contributed by atoms with Crippen molar-refractivity contribution >= 4 is 41.3 Å². The van der Waals surface area contributed by atoms with Crippen LogP contribution in [0.2, 0.25) is 0 Å². The van der Waals surface area contributed by atoms with E-state index in [9.17, 15) is 9.59 Å². The molecular weight excluding hydrogens is 191 g/mol. The number of carbonyl (C=O) groups is 2. The van der Waals surface area contributed by atoms with E-state index in [1.54, 1.807) is 12.1 Å². The molecule has 0 aliphatic rings. The van der Waals surface area contributed by atoms with Gasteiger partial charge in [0, 0.05) is 5.56 Å². The quantitative estimate of drug-likeness (QED) is 0.441. The van der Waals surface area contributed by atoms with Gasteiger partial charge < -0.3 is 5.11 Å². The zero-order valence-corrected chi connectivity index (χ0v) is 7.50. The van der Waals surface area contributed by atoms with Crippen molar-refractivity contribution in [3.05, 3.63) is 34.9 Å². The molecule has 0 spiro atoms. The van der Waals surface area contributed by atoms with Crippen LogP contribution in [0.5, 0.6) is 0 Å². The Hall–Kier alpha value is -0.640. The number of aryl methyl sites for hydroxylation is 2. The summed E-state index contributed by atoms with van der Waals surface area (Å²) in [6, 6.07) is 4.86. The number of benzene rings is 1. The first-order chi connectivity index (χ1) is 6.02. The van der Waals surface area contributed by atoms with Crippen molar-refractivity contribution in [1.82, 2.24) is 0 Å². The van der Waals surface area contributed by atoms with Gasteiger partial charge in [-0.3, -0.25) is 4.79 Å². The number of carbonyl (C=O) groups excluding carboxylic acids is 1. The zero-order valence-electron chi connectivity index (χ0n) is 7.50. The first-order valence-electron chi connectivity index (χ1n) is 3.87. The Labute approximate surface area is 104 Å². The van der Waals surface area contributed by atoms with Crippen molar-refractivity contribution in [3.63, 3.8) is 0 Å². The molecule has 1 rings (SSSR count). The molecule has 0 radical (unpaired) electrons. The molecule has 1 aromatic carbocycles. The van der Waals surface area contributed by atoms with Gasteiger partial charge >= 0.3 is 35.5 Å². The minimum atomic E-state index is -1.41. The second-order valence-electron chi connectivity index (χ2n) is 2.93. The van der Waals surface area contributed by atoms with Crippen LogP contribution in [0.15, 0.2) is 18.2 Å². The minimum absolute atomic E-state index is 0. The number of carboxylic acid groups (broad SMARTS) is 1. The van der Waals surface area contributed by atoms with E-state index in [0.29, 0.717) is 0 Å². The number of aliphatic carboxylic acids is 1. The fourth-order valence-corrected chi connectivity index (χ4v) is 1.01. The Morgan fingerprint density at radius 1 is 1.14 bits per heavy atom. The average Bonchev–Trinajstić information content (AvgIpc) is 2.08. The third-order valence-electron chi connectivity index (χ3n) is 1.96. The van der Waals surface area contributed by atoms with Crippen molar-refractivity contribution in [2.24, 2.45) is 0 Å². The predicted octanol–water partition coefficient (Wildman–Crippen LogP) is 0.922. The number of ketones is 1. The number of rotatable bonds is 2. The molecule has 0 aliphatic carbocycles. The Kier molecular flexibility index (Phi) is 5.05. The van der Waals surface area contributed by atoms with Crippen LogP contribution >= 0.6 is 0 Å². The zero-order chi connectivity index (χ0) is 10.0. The molecule has 0 heterocycles. The fourth-order valence-electron chi connectivity index (χ4n) is 1.01. The summed E-state index contributed by atoms with van der Waals surface area (Å²) in [5, 5.41) is 8.45. The van der Waals surface area contributed by atoms with E-state index in [1.165, 1.54) is 6.07 Å². The van der Waals surface area contributed by atoms with Gasteiger partial charge in [0.25, 0.3) is 5.78 Å². The molecule has 0 amide bonds. The van der Waals surface area contributed by atoms with Gasteiger partial charge in [-0.05, 0) is 31.0 Å². The van der Waals surface area contributed by atoms with Crippen molar-refractivity contribution < 1.29 is 14.7 Å². The molecule has 14 heavy (non-hydrogen) atoms. The monoisotopic (exact) mass is 202 g/mol. The van der Waals surface area contributed by atoms with E-state index in [4.69, 9.17) is 5.11 Å². The van der Waals surface area contributed by atoms with Gasteiger partial charge in [-0.15, -0.1) is 0 Å². The summed E-state index contributed by atoms with van der Waals surface area (Å²) in [7, 11) is 0. The molecule has 0 fully saturated rings. The molecule has 1 aromatic rings. The fraction of sp³-hybridized carbons (Fsp3) is 0.200. The Bertz CT molecular complexity index is 372. The van der Waals surface area contributed by atoms with Crippen LogP contribution in [0.1, 0.15) is 21.5 Å². The van der Waals surface area contributed by atoms with Gasteiger partial charge in [0.1, 0.15) is 0 Å². The van der Waals surface area contributed by atoms with Crippen LogP contribution in [-0.2, 0) is 4.79 Å². The molecule has 70 valence electrons. The number of Topliss-reactive ketones (excluding diaryl/α,β-unsaturated/α-hetero) is 1. The molecule has 3 nitrogen and oxygen atoms in total. The first-order valence-corrected chi connectivity index (χ1v) is 3.87. The Morgan fingerprint density at radius 2 is 1.71 bits per heavy atom. The summed E-state index contributed by atoms with van der Waals surface area (Å²) in [6.45, 7) is 3.75. The van der Waals surface area contributed by atoms with E-state index < -0.39 is 11.8 Å². The van der Waals surface area contributed by atoms with Gasteiger partial charge in [0.05, 0.1) is 0 Å². The second-order valence-corrected chi connectivity index (χ2v) is 2.93. The maximum atomic E-state index is 11.0. The summed E-state index contributed by atoms with van der Waals surface area (Å²) < 4.78 is 0. The van der Waals surface area contributed by atoms with Crippen molar-refractivity contribution in [3.8, 4) is 0 Å². The molecule has 1 N–H and O–H groups in total. The summed E-state index contributed by atoms with van der Waals surface area (Å²) in [5.74, 6) is -2.27. The van der Waals surface area contributed by atoms with Crippen LogP contribution in [0.3, 0.4) is 0 Å². The van der Waals surface area contributed by atoms with Crippen LogP contribution in [-0.4, -0.2) is 46.4 Å². The van der Waals surface area contributed by atoms with Gasteiger partial charge in [-0.25, -0.2) is 4.79 Å². The molecule has 0 aromatic heterocycles. The Balaban J connectivity index is 0.00000169.